The van der Waals surface area contributed by atoms with E-state index in [9.17, 15) is 9.59 Å². The fourth-order valence-electron chi connectivity index (χ4n) is 3.22. The number of carbonyl (C=O) groups is 2. The van der Waals surface area contributed by atoms with E-state index in [0.717, 1.165) is 5.69 Å². The van der Waals surface area contributed by atoms with E-state index in [4.69, 9.17) is 14.2 Å². The van der Waals surface area contributed by atoms with Gasteiger partial charge in [-0.15, -0.1) is 0 Å². The first kappa shape index (κ1) is 24.6. The lowest BCUT2D eigenvalue weighted by Gasteiger charge is -2.22. The second-order valence-corrected chi connectivity index (χ2v) is 7.92. The summed E-state index contributed by atoms with van der Waals surface area (Å²) in [6, 6.07) is 16.8. The van der Waals surface area contributed by atoms with Gasteiger partial charge in [0.25, 0.3) is 5.91 Å². The van der Waals surface area contributed by atoms with E-state index in [2.05, 4.69) is 15.6 Å². The molecule has 3 aromatic rings. The van der Waals surface area contributed by atoms with Crippen LogP contribution in [-0.2, 0) is 11.4 Å². The Balaban J connectivity index is 1.67. The molecular formula is C26H29N3O5. The van der Waals surface area contributed by atoms with Gasteiger partial charge in [-0.25, -0.2) is 0 Å². The maximum absolute atomic E-state index is 13.0. The number of ether oxygens (including phenoxy) is 3. The summed E-state index contributed by atoms with van der Waals surface area (Å²) in [6.45, 7) is 4.04. The van der Waals surface area contributed by atoms with E-state index >= 15 is 0 Å². The second-order valence-electron chi connectivity index (χ2n) is 7.92. The van der Waals surface area contributed by atoms with Crippen molar-refractivity contribution in [2.24, 2.45) is 5.92 Å². The van der Waals surface area contributed by atoms with Crippen LogP contribution in [0.2, 0.25) is 0 Å². The average molecular weight is 464 g/mol. The standard InChI is InChI=1S/C26H29N3O5/c1-17(2)24(29-25(30)18-12-22(32-3)15-23(13-18)33-4)26(31)28-19-9-7-10-21(14-19)34-16-20-8-5-6-11-27-20/h5-15,17,24H,16H2,1-4H3,(H,28,31)(H,29,30). The van der Waals surface area contributed by atoms with Crippen molar-refractivity contribution >= 4 is 17.5 Å². The normalized spacial score (nSPS) is 11.4. The zero-order valence-electron chi connectivity index (χ0n) is 19.7. The fraction of sp³-hybridized carbons (Fsp3) is 0.269. The minimum atomic E-state index is -0.761. The Morgan fingerprint density at radius 1 is 0.912 bits per heavy atom. The Morgan fingerprint density at radius 2 is 1.65 bits per heavy atom. The Labute approximate surface area is 199 Å². The number of amides is 2. The molecule has 2 amide bonds. The molecule has 1 atom stereocenters. The number of hydrogen-bond acceptors (Lipinski definition) is 6. The van der Waals surface area contributed by atoms with Crippen molar-refractivity contribution in [3.8, 4) is 17.2 Å². The van der Waals surface area contributed by atoms with Gasteiger partial charge < -0.3 is 24.8 Å². The number of pyridine rings is 1. The highest BCUT2D eigenvalue weighted by Crippen LogP contribution is 2.23. The number of methoxy groups -OCH3 is 2. The third-order valence-corrected chi connectivity index (χ3v) is 5.06. The molecule has 0 aliphatic heterocycles. The minimum absolute atomic E-state index is 0.153. The zero-order chi connectivity index (χ0) is 24.5. The molecule has 0 saturated carbocycles. The lowest BCUT2D eigenvalue weighted by atomic mass is 10.0. The summed E-state index contributed by atoms with van der Waals surface area (Å²) in [5.41, 5.74) is 1.69. The van der Waals surface area contributed by atoms with Gasteiger partial charge in [0.05, 0.1) is 19.9 Å². The monoisotopic (exact) mass is 463 g/mol. The first-order valence-electron chi connectivity index (χ1n) is 10.9. The number of benzene rings is 2. The molecule has 0 aliphatic carbocycles. The van der Waals surface area contributed by atoms with Crippen molar-refractivity contribution < 1.29 is 23.8 Å². The van der Waals surface area contributed by atoms with E-state index in [-0.39, 0.29) is 11.8 Å². The van der Waals surface area contributed by atoms with Crippen molar-refractivity contribution in [1.29, 1.82) is 0 Å². The molecule has 34 heavy (non-hydrogen) atoms. The number of rotatable bonds is 10. The van der Waals surface area contributed by atoms with Crippen molar-refractivity contribution in [2.45, 2.75) is 26.5 Å². The Bertz CT molecular complexity index is 1100. The van der Waals surface area contributed by atoms with E-state index in [1.165, 1.54) is 14.2 Å². The predicted molar refractivity (Wildman–Crippen MR) is 129 cm³/mol. The second kappa shape index (κ2) is 11.7. The Hall–Kier alpha value is -4.07. The third-order valence-electron chi connectivity index (χ3n) is 5.06. The summed E-state index contributed by atoms with van der Waals surface area (Å²) < 4.78 is 16.2. The molecule has 0 fully saturated rings. The first-order valence-corrected chi connectivity index (χ1v) is 10.9. The predicted octanol–water partition coefficient (Wildman–Crippen LogP) is 4.07. The molecule has 3 rings (SSSR count). The molecule has 1 unspecified atom stereocenters. The van der Waals surface area contributed by atoms with Crippen LogP contribution in [0.1, 0.15) is 29.9 Å². The van der Waals surface area contributed by atoms with Gasteiger partial charge in [-0.2, -0.15) is 0 Å². The molecule has 0 aliphatic rings. The van der Waals surface area contributed by atoms with Crippen LogP contribution in [0, 0.1) is 5.92 Å². The maximum Gasteiger partial charge on any atom is 0.252 e. The summed E-state index contributed by atoms with van der Waals surface area (Å²) >= 11 is 0. The molecule has 0 bridgehead atoms. The van der Waals surface area contributed by atoms with Gasteiger partial charge >= 0.3 is 0 Å². The summed E-state index contributed by atoms with van der Waals surface area (Å²) in [5, 5.41) is 5.68. The molecule has 2 aromatic carbocycles. The van der Waals surface area contributed by atoms with Crippen LogP contribution < -0.4 is 24.8 Å². The topological polar surface area (TPSA) is 98.8 Å². The highest BCUT2D eigenvalue weighted by atomic mass is 16.5. The molecule has 2 N–H and O–H groups in total. The van der Waals surface area contributed by atoms with E-state index in [0.29, 0.717) is 35.1 Å². The zero-order valence-corrected chi connectivity index (χ0v) is 19.7. The fourth-order valence-corrected chi connectivity index (χ4v) is 3.22. The summed E-state index contributed by atoms with van der Waals surface area (Å²) in [5.74, 6) is 0.672. The van der Waals surface area contributed by atoms with Gasteiger partial charge in [0, 0.05) is 29.6 Å². The van der Waals surface area contributed by atoms with Crippen LogP contribution in [0.5, 0.6) is 17.2 Å². The number of aromatic nitrogens is 1. The maximum atomic E-state index is 13.0. The number of carbonyl (C=O) groups excluding carboxylic acids is 2. The average Bonchev–Trinajstić information content (AvgIpc) is 2.86. The van der Waals surface area contributed by atoms with Gasteiger partial charge in [0.15, 0.2) is 0 Å². The molecule has 178 valence electrons. The van der Waals surface area contributed by atoms with Crippen LogP contribution in [0.15, 0.2) is 66.9 Å². The molecule has 0 radical (unpaired) electrons. The van der Waals surface area contributed by atoms with Crippen molar-refractivity contribution in [2.75, 3.05) is 19.5 Å². The Kier molecular flexibility index (Phi) is 8.45. The Morgan fingerprint density at radius 3 is 2.26 bits per heavy atom. The highest BCUT2D eigenvalue weighted by Gasteiger charge is 2.25. The van der Waals surface area contributed by atoms with E-state index in [1.54, 1.807) is 48.7 Å². The summed E-state index contributed by atoms with van der Waals surface area (Å²) in [4.78, 5) is 30.2. The first-order chi connectivity index (χ1) is 16.4. The van der Waals surface area contributed by atoms with Crippen LogP contribution in [0.25, 0.3) is 0 Å². The largest absolute Gasteiger partial charge is 0.497 e. The molecule has 8 heteroatoms. The van der Waals surface area contributed by atoms with Gasteiger partial charge in [0.1, 0.15) is 29.9 Å². The molecule has 0 spiro atoms. The quantitative estimate of drug-likeness (QED) is 0.470. The lowest BCUT2D eigenvalue weighted by Crippen LogP contribution is -2.47. The van der Waals surface area contributed by atoms with Gasteiger partial charge in [-0.3, -0.25) is 14.6 Å². The molecule has 8 nitrogen and oxygen atoms in total. The van der Waals surface area contributed by atoms with E-state index < -0.39 is 11.9 Å². The van der Waals surface area contributed by atoms with Crippen LogP contribution in [0.3, 0.4) is 0 Å². The van der Waals surface area contributed by atoms with Crippen molar-refractivity contribution in [3.63, 3.8) is 0 Å². The van der Waals surface area contributed by atoms with Crippen LogP contribution in [-0.4, -0.2) is 37.1 Å². The third kappa shape index (κ3) is 6.71. The summed E-state index contributed by atoms with van der Waals surface area (Å²) in [7, 11) is 3.02. The van der Waals surface area contributed by atoms with Gasteiger partial charge in [-0.05, 0) is 42.3 Å². The number of hydrogen-bond donors (Lipinski definition) is 2. The molecule has 0 saturated heterocycles. The minimum Gasteiger partial charge on any atom is -0.497 e. The van der Waals surface area contributed by atoms with Crippen LogP contribution in [0.4, 0.5) is 5.69 Å². The number of nitrogens with zero attached hydrogens (tertiary/aromatic N) is 1. The molecular weight excluding hydrogens is 434 g/mol. The van der Waals surface area contributed by atoms with Crippen molar-refractivity contribution in [3.05, 3.63) is 78.1 Å². The van der Waals surface area contributed by atoms with Crippen LogP contribution >= 0.6 is 0 Å². The number of anilines is 1. The molecule has 1 heterocycles. The highest BCUT2D eigenvalue weighted by molar-refractivity contribution is 6.01. The van der Waals surface area contributed by atoms with Gasteiger partial charge in [0.2, 0.25) is 5.91 Å². The number of nitrogens with one attached hydrogen (secondary N) is 2. The van der Waals surface area contributed by atoms with Crippen molar-refractivity contribution in [1.82, 2.24) is 10.3 Å². The lowest BCUT2D eigenvalue weighted by molar-refractivity contribution is -0.118. The smallest absolute Gasteiger partial charge is 0.252 e. The summed E-state index contributed by atoms with van der Waals surface area (Å²) in [6.07, 6.45) is 1.71. The van der Waals surface area contributed by atoms with E-state index in [1.807, 2.05) is 32.0 Å². The van der Waals surface area contributed by atoms with Gasteiger partial charge in [-0.1, -0.05) is 26.0 Å². The molecule has 1 aromatic heterocycles. The SMILES string of the molecule is COc1cc(OC)cc(C(=O)NC(C(=O)Nc2cccc(OCc3ccccn3)c2)C(C)C)c1.